The fourth-order valence-corrected chi connectivity index (χ4v) is 6.79. The zero-order valence-corrected chi connectivity index (χ0v) is 17.6. The van der Waals surface area contributed by atoms with Crippen LogP contribution in [0.15, 0.2) is 41.3 Å². The SMILES string of the molecule is O=C(O)C12CC3CC(C1)CC(n1ncc(NCCc4ccccc4)c(Cl)c1=O)(C3)C2. The zero-order valence-electron chi connectivity index (χ0n) is 16.8. The van der Waals surface area contributed by atoms with Gasteiger partial charge in [0.05, 0.1) is 22.8 Å². The van der Waals surface area contributed by atoms with E-state index >= 15 is 0 Å². The van der Waals surface area contributed by atoms with Crippen LogP contribution >= 0.6 is 11.6 Å². The minimum atomic E-state index is -0.723. The third kappa shape index (κ3) is 3.13. The smallest absolute Gasteiger partial charge is 0.309 e. The third-order valence-corrected chi connectivity index (χ3v) is 7.79. The highest BCUT2D eigenvalue weighted by molar-refractivity contribution is 6.32. The molecule has 30 heavy (non-hydrogen) atoms. The molecule has 7 heteroatoms. The molecule has 2 N–H and O–H groups in total. The van der Waals surface area contributed by atoms with E-state index in [-0.39, 0.29) is 10.6 Å². The van der Waals surface area contributed by atoms with Crippen LogP contribution in [-0.4, -0.2) is 27.4 Å². The number of anilines is 1. The first-order valence-corrected chi connectivity index (χ1v) is 11.1. The molecule has 0 radical (unpaired) electrons. The number of nitrogens with one attached hydrogen (secondary N) is 1. The number of hydrogen-bond acceptors (Lipinski definition) is 4. The largest absolute Gasteiger partial charge is 0.481 e. The molecule has 158 valence electrons. The van der Waals surface area contributed by atoms with Crippen molar-refractivity contribution >= 4 is 23.3 Å². The summed E-state index contributed by atoms with van der Waals surface area (Å²) in [5.41, 5.74) is 0.182. The van der Waals surface area contributed by atoms with E-state index in [1.165, 1.54) is 10.2 Å². The molecule has 4 fully saturated rings. The van der Waals surface area contributed by atoms with Crippen LogP contribution in [0.2, 0.25) is 5.02 Å². The molecule has 6 nitrogen and oxygen atoms in total. The lowest BCUT2D eigenvalue weighted by atomic mass is 9.47. The predicted octanol–water partition coefficient (Wildman–Crippen LogP) is 3.93. The summed E-state index contributed by atoms with van der Waals surface area (Å²) in [6.45, 7) is 0.645. The lowest BCUT2D eigenvalue weighted by Gasteiger charge is -2.60. The van der Waals surface area contributed by atoms with Gasteiger partial charge >= 0.3 is 5.97 Å². The molecule has 0 amide bonds. The van der Waals surface area contributed by atoms with Crippen LogP contribution < -0.4 is 10.9 Å². The van der Waals surface area contributed by atoms with E-state index in [9.17, 15) is 14.7 Å². The molecule has 0 aliphatic heterocycles. The first-order chi connectivity index (χ1) is 14.4. The summed E-state index contributed by atoms with van der Waals surface area (Å²) in [7, 11) is 0. The van der Waals surface area contributed by atoms with Gasteiger partial charge in [-0.15, -0.1) is 0 Å². The van der Waals surface area contributed by atoms with Crippen LogP contribution in [0, 0.1) is 17.3 Å². The Morgan fingerprint density at radius 1 is 1.20 bits per heavy atom. The minimum absolute atomic E-state index is 0.137. The molecule has 4 aliphatic rings. The summed E-state index contributed by atoms with van der Waals surface area (Å²) < 4.78 is 1.52. The van der Waals surface area contributed by atoms with Crippen LogP contribution in [0.1, 0.15) is 44.1 Å². The molecule has 2 unspecified atom stereocenters. The van der Waals surface area contributed by atoms with E-state index in [4.69, 9.17) is 11.6 Å². The van der Waals surface area contributed by atoms with Crippen molar-refractivity contribution in [3.05, 3.63) is 57.5 Å². The minimum Gasteiger partial charge on any atom is -0.481 e. The number of aromatic nitrogens is 2. The average Bonchev–Trinajstić information content (AvgIpc) is 2.71. The van der Waals surface area contributed by atoms with E-state index < -0.39 is 16.9 Å². The maximum atomic E-state index is 13.2. The summed E-state index contributed by atoms with van der Waals surface area (Å²) in [5.74, 6) is -0.0312. The predicted molar refractivity (Wildman–Crippen MR) is 115 cm³/mol. The van der Waals surface area contributed by atoms with Gasteiger partial charge in [0.25, 0.3) is 5.56 Å². The molecule has 4 aliphatic carbocycles. The molecular formula is C23H26ClN3O3. The highest BCUT2D eigenvalue weighted by Crippen LogP contribution is 2.63. The Balaban J connectivity index is 1.40. The maximum absolute atomic E-state index is 13.2. The maximum Gasteiger partial charge on any atom is 0.309 e. The van der Waals surface area contributed by atoms with Gasteiger partial charge in [0.2, 0.25) is 0 Å². The van der Waals surface area contributed by atoms with E-state index in [0.29, 0.717) is 30.5 Å². The number of carboxylic acids is 1. The van der Waals surface area contributed by atoms with Gasteiger partial charge in [-0.25, -0.2) is 4.68 Å². The summed E-state index contributed by atoms with van der Waals surface area (Å²) >= 11 is 6.47. The van der Waals surface area contributed by atoms with Crippen LogP contribution in [0.4, 0.5) is 5.69 Å². The van der Waals surface area contributed by atoms with Crippen LogP contribution in [0.3, 0.4) is 0 Å². The van der Waals surface area contributed by atoms with Crippen molar-refractivity contribution in [2.75, 3.05) is 11.9 Å². The highest BCUT2D eigenvalue weighted by atomic mass is 35.5. The van der Waals surface area contributed by atoms with Gasteiger partial charge in [-0.3, -0.25) is 9.59 Å². The second-order valence-electron chi connectivity index (χ2n) is 9.52. The number of carboxylic acid groups (broad SMARTS) is 1. The second-order valence-corrected chi connectivity index (χ2v) is 9.90. The van der Waals surface area contributed by atoms with Gasteiger partial charge in [-0.05, 0) is 62.3 Å². The molecular weight excluding hydrogens is 402 g/mol. The van der Waals surface area contributed by atoms with Crippen LogP contribution in [-0.2, 0) is 16.8 Å². The molecule has 4 saturated carbocycles. The van der Waals surface area contributed by atoms with E-state index in [1.807, 2.05) is 18.2 Å². The fourth-order valence-electron chi connectivity index (χ4n) is 6.59. The number of aliphatic carboxylic acids is 1. The van der Waals surface area contributed by atoms with Gasteiger partial charge in [-0.2, -0.15) is 5.10 Å². The molecule has 1 aromatic heterocycles. The Bertz CT molecular complexity index is 1020. The molecule has 4 bridgehead atoms. The van der Waals surface area contributed by atoms with Gasteiger partial charge in [0.15, 0.2) is 0 Å². The molecule has 0 saturated heterocycles. The second kappa shape index (κ2) is 7.12. The fraction of sp³-hybridized carbons (Fsp3) is 0.522. The lowest BCUT2D eigenvalue weighted by molar-refractivity contribution is -0.173. The molecule has 2 aromatic rings. The topological polar surface area (TPSA) is 84.2 Å². The van der Waals surface area contributed by atoms with Crippen molar-refractivity contribution in [2.24, 2.45) is 17.3 Å². The standard InChI is InChI=1S/C23H26ClN3O3/c24-19-18(25-7-6-15-4-2-1-3-5-15)13-26-27(20(19)28)23-11-16-8-17(12-23)10-22(9-16,14-23)21(29)30/h1-5,13,16-17,25H,6-12,14H2,(H,29,30). The van der Waals surface area contributed by atoms with Crippen molar-refractivity contribution < 1.29 is 9.90 Å². The van der Waals surface area contributed by atoms with Gasteiger partial charge in [-0.1, -0.05) is 41.9 Å². The van der Waals surface area contributed by atoms with Gasteiger partial charge in [0, 0.05) is 6.54 Å². The van der Waals surface area contributed by atoms with E-state index in [0.717, 1.165) is 38.5 Å². The normalized spacial score (nSPS) is 31.6. The highest BCUT2D eigenvalue weighted by Gasteiger charge is 2.62. The van der Waals surface area contributed by atoms with Crippen molar-refractivity contribution in [1.29, 1.82) is 0 Å². The quantitative estimate of drug-likeness (QED) is 0.729. The molecule has 2 atom stereocenters. The van der Waals surface area contributed by atoms with Crippen LogP contribution in [0.25, 0.3) is 0 Å². The number of carbonyl (C=O) groups is 1. The number of nitrogens with zero attached hydrogens (tertiary/aromatic N) is 2. The molecule has 1 aromatic carbocycles. The first kappa shape index (κ1) is 19.6. The third-order valence-electron chi connectivity index (χ3n) is 7.42. The summed E-state index contributed by atoms with van der Waals surface area (Å²) in [6, 6.07) is 10.1. The Morgan fingerprint density at radius 2 is 1.90 bits per heavy atom. The summed E-state index contributed by atoms with van der Waals surface area (Å²) in [5, 5.41) is 17.8. The Morgan fingerprint density at radius 3 is 2.57 bits per heavy atom. The monoisotopic (exact) mass is 427 g/mol. The van der Waals surface area contributed by atoms with E-state index in [2.05, 4.69) is 22.5 Å². The summed E-state index contributed by atoms with van der Waals surface area (Å²) in [6.07, 6.45) is 7.08. The Hall–Kier alpha value is -2.34. The Labute approximate surface area is 180 Å². The van der Waals surface area contributed by atoms with Crippen molar-refractivity contribution in [3.63, 3.8) is 0 Å². The molecule has 6 rings (SSSR count). The van der Waals surface area contributed by atoms with Gasteiger partial charge in [0.1, 0.15) is 5.02 Å². The average molecular weight is 428 g/mol. The number of hydrogen-bond donors (Lipinski definition) is 2. The van der Waals surface area contributed by atoms with Crippen LogP contribution in [0.5, 0.6) is 0 Å². The van der Waals surface area contributed by atoms with Crippen molar-refractivity contribution in [2.45, 2.75) is 50.5 Å². The number of halogens is 1. The molecule has 1 heterocycles. The van der Waals surface area contributed by atoms with Gasteiger partial charge < -0.3 is 10.4 Å². The lowest BCUT2D eigenvalue weighted by Crippen LogP contribution is -2.61. The number of benzene rings is 1. The molecule has 0 spiro atoms. The zero-order chi connectivity index (χ0) is 20.9. The first-order valence-electron chi connectivity index (χ1n) is 10.7. The van der Waals surface area contributed by atoms with Crippen molar-refractivity contribution in [3.8, 4) is 0 Å². The number of rotatable bonds is 6. The van der Waals surface area contributed by atoms with Crippen molar-refractivity contribution in [1.82, 2.24) is 9.78 Å². The summed E-state index contributed by atoms with van der Waals surface area (Å²) in [4.78, 5) is 25.3. The van der Waals surface area contributed by atoms with E-state index in [1.54, 1.807) is 6.20 Å². The Kier molecular flexibility index (Phi) is 4.65.